The standard InChI is InChI=1S/C23H20ClN3O2/c1-14-7-9-19(10-8-14)26-15(2)11-17(16(26)3)12-21-22(28)27(23(29)25-21)20-6-4-5-18(24)13-20/h4-13H,1-3H3,(H,25,29)/b21-12-. The van der Waals surface area contributed by atoms with Crippen molar-refractivity contribution < 1.29 is 9.59 Å². The lowest BCUT2D eigenvalue weighted by Crippen LogP contribution is -2.30. The van der Waals surface area contributed by atoms with Gasteiger partial charge in [0.1, 0.15) is 5.70 Å². The molecule has 2 aromatic carbocycles. The van der Waals surface area contributed by atoms with Crippen LogP contribution in [0.5, 0.6) is 0 Å². The Morgan fingerprint density at radius 3 is 2.34 bits per heavy atom. The predicted octanol–water partition coefficient (Wildman–Crippen LogP) is 5.15. The Morgan fingerprint density at radius 2 is 1.66 bits per heavy atom. The molecule has 0 atom stereocenters. The number of halogens is 1. The number of amides is 3. The molecule has 1 N–H and O–H groups in total. The summed E-state index contributed by atoms with van der Waals surface area (Å²) in [4.78, 5) is 26.4. The Balaban J connectivity index is 1.70. The number of imide groups is 1. The van der Waals surface area contributed by atoms with Gasteiger partial charge >= 0.3 is 6.03 Å². The van der Waals surface area contributed by atoms with Gasteiger partial charge in [0.15, 0.2) is 0 Å². The van der Waals surface area contributed by atoms with E-state index in [0.29, 0.717) is 10.7 Å². The third-order valence-corrected chi connectivity index (χ3v) is 5.24. The third-order valence-electron chi connectivity index (χ3n) is 5.01. The molecule has 0 radical (unpaired) electrons. The molecule has 1 saturated heterocycles. The van der Waals surface area contributed by atoms with Crippen molar-refractivity contribution in [2.24, 2.45) is 0 Å². The number of anilines is 1. The van der Waals surface area contributed by atoms with Gasteiger partial charge in [-0.05, 0) is 68.8 Å². The van der Waals surface area contributed by atoms with E-state index in [1.54, 1.807) is 30.3 Å². The highest BCUT2D eigenvalue weighted by Crippen LogP contribution is 2.27. The van der Waals surface area contributed by atoms with Crippen molar-refractivity contribution in [3.63, 3.8) is 0 Å². The number of benzene rings is 2. The summed E-state index contributed by atoms with van der Waals surface area (Å²) in [6.45, 7) is 6.06. The Hall–Kier alpha value is -3.31. The van der Waals surface area contributed by atoms with Crippen LogP contribution >= 0.6 is 11.6 Å². The quantitative estimate of drug-likeness (QED) is 0.483. The van der Waals surface area contributed by atoms with Gasteiger partial charge in [0.25, 0.3) is 5.91 Å². The SMILES string of the molecule is Cc1ccc(-n2c(C)cc(/C=C3\NC(=O)N(c4cccc(Cl)c4)C3=O)c2C)cc1. The number of rotatable bonds is 3. The van der Waals surface area contributed by atoms with Gasteiger partial charge in [0.05, 0.1) is 5.69 Å². The van der Waals surface area contributed by atoms with E-state index in [9.17, 15) is 9.59 Å². The maximum absolute atomic E-state index is 12.9. The van der Waals surface area contributed by atoms with Gasteiger partial charge in [0.2, 0.25) is 0 Å². The number of nitrogens with one attached hydrogen (secondary N) is 1. The summed E-state index contributed by atoms with van der Waals surface area (Å²) in [5, 5.41) is 3.13. The molecule has 1 fully saturated rings. The lowest BCUT2D eigenvalue weighted by molar-refractivity contribution is -0.113. The molecule has 1 aromatic heterocycles. The molecule has 0 aliphatic carbocycles. The molecule has 29 heavy (non-hydrogen) atoms. The summed E-state index contributed by atoms with van der Waals surface area (Å²) >= 11 is 6.01. The molecule has 0 bridgehead atoms. The fourth-order valence-electron chi connectivity index (χ4n) is 3.57. The molecule has 0 spiro atoms. The molecule has 3 aromatic rings. The summed E-state index contributed by atoms with van der Waals surface area (Å²) in [5.74, 6) is -0.405. The van der Waals surface area contributed by atoms with Crippen molar-refractivity contribution in [2.75, 3.05) is 4.90 Å². The normalized spacial score (nSPS) is 15.3. The lowest BCUT2D eigenvalue weighted by Gasteiger charge is -2.11. The molecular weight excluding hydrogens is 386 g/mol. The van der Waals surface area contributed by atoms with Gasteiger partial charge < -0.3 is 9.88 Å². The highest BCUT2D eigenvalue weighted by atomic mass is 35.5. The zero-order valence-corrected chi connectivity index (χ0v) is 17.1. The second kappa shape index (κ2) is 7.26. The van der Waals surface area contributed by atoms with Crippen molar-refractivity contribution in [3.05, 3.63) is 87.8 Å². The summed E-state index contributed by atoms with van der Waals surface area (Å²) in [5.41, 5.74) is 5.83. The topological polar surface area (TPSA) is 54.3 Å². The Kier molecular flexibility index (Phi) is 4.76. The second-order valence-corrected chi connectivity index (χ2v) is 7.54. The van der Waals surface area contributed by atoms with Crippen LogP contribution in [0.4, 0.5) is 10.5 Å². The molecule has 1 aliphatic heterocycles. The molecule has 4 rings (SSSR count). The van der Waals surface area contributed by atoms with Crippen LogP contribution in [0.3, 0.4) is 0 Å². The van der Waals surface area contributed by atoms with Gasteiger partial charge in [-0.1, -0.05) is 35.4 Å². The highest BCUT2D eigenvalue weighted by Gasteiger charge is 2.35. The maximum Gasteiger partial charge on any atom is 0.333 e. The van der Waals surface area contributed by atoms with E-state index in [4.69, 9.17) is 11.6 Å². The maximum atomic E-state index is 12.9. The van der Waals surface area contributed by atoms with Crippen molar-refractivity contribution in [3.8, 4) is 5.69 Å². The number of aryl methyl sites for hydroxylation is 2. The molecular formula is C23H20ClN3O2. The molecule has 0 unspecified atom stereocenters. The first kappa shape index (κ1) is 19.0. The lowest BCUT2D eigenvalue weighted by atomic mass is 10.2. The van der Waals surface area contributed by atoms with E-state index in [1.165, 1.54) is 5.56 Å². The van der Waals surface area contributed by atoms with E-state index >= 15 is 0 Å². The first-order valence-electron chi connectivity index (χ1n) is 9.24. The fourth-order valence-corrected chi connectivity index (χ4v) is 3.75. The highest BCUT2D eigenvalue weighted by molar-refractivity contribution is 6.32. The molecule has 6 heteroatoms. The summed E-state index contributed by atoms with van der Waals surface area (Å²) < 4.78 is 2.13. The Morgan fingerprint density at radius 1 is 0.931 bits per heavy atom. The number of carbonyl (C=O) groups excluding carboxylic acids is 2. The second-order valence-electron chi connectivity index (χ2n) is 7.11. The molecule has 1 aliphatic rings. The molecule has 0 saturated carbocycles. The van der Waals surface area contributed by atoms with E-state index in [2.05, 4.69) is 41.1 Å². The Labute approximate surface area is 174 Å². The van der Waals surface area contributed by atoms with Crippen LogP contribution in [-0.2, 0) is 4.79 Å². The van der Waals surface area contributed by atoms with Crippen molar-refractivity contribution in [1.29, 1.82) is 0 Å². The van der Waals surface area contributed by atoms with Gasteiger partial charge in [0, 0.05) is 22.1 Å². The van der Waals surface area contributed by atoms with E-state index in [-0.39, 0.29) is 5.70 Å². The van der Waals surface area contributed by atoms with Crippen LogP contribution in [0, 0.1) is 20.8 Å². The number of hydrogen-bond acceptors (Lipinski definition) is 2. The van der Waals surface area contributed by atoms with Crippen molar-refractivity contribution in [2.45, 2.75) is 20.8 Å². The third kappa shape index (κ3) is 3.45. The van der Waals surface area contributed by atoms with Crippen LogP contribution in [0.2, 0.25) is 5.02 Å². The minimum atomic E-state index is -0.490. The average molecular weight is 406 g/mol. The number of hydrogen-bond donors (Lipinski definition) is 1. The van der Waals surface area contributed by atoms with Crippen LogP contribution in [0.1, 0.15) is 22.5 Å². The minimum Gasteiger partial charge on any atom is -0.318 e. The zero-order chi connectivity index (χ0) is 20.7. The van der Waals surface area contributed by atoms with Crippen molar-refractivity contribution >= 4 is 35.3 Å². The van der Waals surface area contributed by atoms with Crippen LogP contribution < -0.4 is 10.2 Å². The Bertz CT molecular complexity index is 1160. The zero-order valence-electron chi connectivity index (χ0n) is 16.4. The van der Waals surface area contributed by atoms with E-state index in [1.807, 2.05) is 19.9 Å². The van der Waals surface area contributed by atoms with E-state index in [0.717, 1.165) is 27.5 Å². The van der Waals surface area contributed by atoms with Gasteiger partial charge in [-0.3, -0.25) is 4.79 Å². The molecule has 3 amide bonds. The average Bonchev–Trinajstić information content (AvgIpc) is 3.11. The minimum absolute atomic E-state index is 0.235. The van der Waals surface area contributed by atoms with Gasteiger partial charge in [-0.25, -0.2) is 9.69 Å². The van der Waals surface area contributed by atoms with Gasteiger partial charge in [-0.2, -0.15) is 0 Å². The van der Waals surface area contributed by atoms with Crippen LogP contribution in [0.25, 0.3) is 11.8 Å². The van der Waals surface area contributed by atoms with E-state index < -0.39 is 11.9 Å². The van der Waals surface area contributed by atoms with Gasteiger partial charge in [-0.15, -0.1) is 0 Å². The number of nitrogens with zero attached hydrogens (tertiary/aromatic N) is 2. The smallest absolute Gasteiger partial charge is 0.318 e. The number of carbonyl (C=O) groups is 2. The number of urea groups is 1. The first-order chi connectivity index (χ1) is 13.8. The van der Waals surface area contributed by atoms with Crippen molar-refractivity contribution in [1.82, 2.24) is 9.88 Å². The molecule has 2 heterocycles. The number of aromatic nitrogens is 1. The fraction of sp³-hybridized carbons (Fsp3) is 0.130. The molecule has 146 valence electrons. The summed E-state index contributed by atoms with van der Waals surface area (Å²) in [6, 6.07) is 16.4. The predicted molar refractivity (Wildman–Crippen MR) is 115 cm³/mol. The summed E-state index contributed by atoms with van der Waals surface area (Å²) in [7, 11) is 0. The molecule has 5 nitrogen and oxygen atoms in total. The monoisotopic (exact) mass is 405 g/mol. The van der Waals surface area contributed by atoms with Crippen LogP contribution in [0.15, 0.2) is 60.3 Å². The summed E-state index contributed by atoms with van der Waals surface area (Å²) in [6.07, 6.45) is 1.72. The first-order valence-corrected chi connectivity index (χ1v) is 9.61. The largest absolute Gasteiger partial charge is 0.333 e. The van der Waals surface area contributed by atoms with Crippen LogP contribution in [-0.4, -0.2) is 16.5 Å².